The standard InChI is InChI=1S/C14H23N3O/c1-5-17(6-2)13-7-12(9-15-10-13)14(18)16-8-11(3)4/h7,9-11H,5-6,8H2,1-4H3,(H,16,18). The Morgan fingerprint density at radius 3 is 2.56 bits per heavy atom. The molecule has 4 heteroatoms. The van der Waals surface area contributed by atoms with E-state index in [-0.39, 0.29) is 5.91 Å². The first-order valence-electron chi connectivity index (χ1n) is 6.56. The molecule has 0 bridgehead atoms. The van der Waals surface area contributed by atoms with E-state index < -0.39 is 0 Å². The molecule has 1 amide bonds. The minimum absolute atomic E-state index is 0.0507. The molecule has 1 heterocycles. The summed E-state index contributed by atoms with van der Waals surface area (Å²) in [5, 5.41) is 2.90. The smallest absolute Gasteiger partial charge is 0.252 e. The van der Waals surface area contributed by atoms with E-state index in [0.29, 0.717) is 18.0 Å². The largest absolute Gasteiger partial charge is 0.371 e. The lowest BCUT2D eigenvalue weighted by Gasteiger charge is -2.20. The molecular weight excluding hydrogens is 226 g/mol. The monoisotopic (exact) mass is 249 g/mol. The second-order valence-electron chi connectivity index (χ2n) is 4.71. The van der Waals surface area contributed by atoms with Crippen LogP contribution in [0.25, 0.3) is 0 Å². The number of nitrogens with zero attached hydrogens (tertiary/aromatic N) is 2. The number of hydrogen-bond acceptors (Lipinski definition) is 3. The third-order valence-corrected chi connectivity index (χ3v) is 2.79. The van der Waals surface area contributed by atoms with Crippen molar-refractivity contribution < 1.29 is 4.79 Å². The maximum Gasteiger partial charge on any atom is 0.252 e. The molecule has 1 aromatic rings. The Balaban J connectivity index is 2.78. The second-order valence-corrected chi connectivity index (χ2v) is 4.71. The van der Waals surface area contributed by atoms with Gasteiger partial charge in [-0.05, 0) is 25.8 Å². The van der Waals surface area contributed by atoms with E-state index in [9.17, 15) is 4.79 Å². The zero-order chi connectivity index (χ0) is 13.5. The van der Waals surface area contributed by atoms with Gasteiger partial charge in [0.2, 0.25) is 0 Å². The van der Waals surface area contributed by atoms with Gasteiger partial charge < -0.3 is 10.2 Å². The number of rotatable bonds is 6. The molecule has 0 aliphatic rings. The van der Waals surface area contributed by atoms with E-state index in [2.05, 4.69) is 42.9 Å². The number of hydrogen-bond donors (Lipinski definition) is 1. The number of carbonyl (C=O) groups excluding carboxylic acids is 1. The van der Waals surface area contributed by atoms with Gasteiger partial charge in [0.1, 0.15) is 0 Å². The van der Waals surface area contributed by atoms with Crippen LogP contribution in [-0.2, 0) is 0 Å². The zero-order valence-corrected chi connectivity index (χ0v) is 11.7. The molecule has 0 fully saturated rings. The molecule has 0 radical (unpaired) electrons. The van der Waals surface area contributed by atoms with Crippen LogP contribution < -0.4 is 10.2 Å². The first kappa shape index (κ1) is 14.5. The van der Waals surface area contributed by atoms with Gasteiger partial charge in [-0.3, -0.25) is 9.78 Å². The van der Waals surface area contributed by atoms with Crippen LogP contribution in [0.1, 0.15) is 38.1 Å². The summed E-state index contributed by atoms with van der Waals surface area (Å²) in [6, 6.07) is 1.90. The Bertz CT molecular complexity index is 386. The van der Waals surface area contributed by atoms with Gasteiger partial charge in [-0.25, -0.2) is 0 Å². The predicted octanol–water partition coefficient (Wildman–Crippen LogP) is 2.31. The first-order chi connectivity index (χ1) is 8.58. The van der Waals surface area contributed by atoms with Gasteiger partial charge >= 0.3 is 0 Å². The van der Waals surface area contributed by atoms with Crippen LogP contribution in [0.5, 0.6) is 0 Å². The highest BCUT2D eigenvalue weighted by Gasteiger charge is 2.09. The summed E-state index contributed by atoms with van der Waals surface area (Å²) in [7, 11) is 0. The molecule has 1 N–H and O–H groups in total. The Morgan fingerprint density at radius 2 is 2.00 bits per heavy atom. The van der Waals surface area contributed by atoms with Gasteiger partial charge in [0.15, 0.2) is 0 Å². The lowest BCUT2D eigenvalue weighted by molar-refractivity contribution is 0.0948. The van der Waals surface area contributed by atoms with Crippen LogP contribution in [0.2, 0.25) is 0 Å². The fourth-order valence-corrected chi connectivity index (χ4v) is 1.71. The van der Waals surface area contributed by atoms with Crippen LogP contribution in [-0.4, -0.2) is 30.5 Å². The summed E-state index contributed by atoms with van der Waals surface area (Å²) in [5.74, 6) is 0.401. The van der Waals surface area contributed by atoms with E-state index in [1.807, 2.05) is 6.07 Å². The second kappa shape index (κ2) is 6.99. The minimum Gasteiger partial charge on any atom is -0.371 e. The SMILES string of the molecule is CCN(CC)c1cncc(C(=O)NCC(C)C)c1. The normalized spacial score (nSPS) is 10.5. The van der Waals surface area contributed by atoms with E-state index in [0.717, 1.165) is 18.8 Å². The molecule has 0 aliphatic carbocycles. The molecule has 1 aromatic heterocycles. The maximum atomic E-state index is 11.9. The van der Waals surface area contributed by atoms with Gasteiger partial charge in [-0.2, -0.15) is 0 Å². The van der Waals surface area contributed by atoms with Crippen molar-refractivity contribution in [2.24, 2.45) is 5.92 Å². The number of nitrogens with one attached hydrogen (secondary N) is 1. The van der Waals surface area contributed by atoms with Crippen LogP contribution in [0.15, 0.2) is 18.5 Å². The quantitative estimate of drug-likeness (QED) is 0.841. The maximum absolute atomic E-state index is 11.9. The average Bonchev–Trinajstić information content (AvgIpc) is 2.38. The van der Waals surface area contributed by atoms with Crippen molar-refractivity contribution in [1.82, 2.24) is 10.3 Å². The molecule has 0 aliphatic heterocycles. The topological polar surface area (TPSA) is 45.2 Å². The van der Waals surface area contributed by atoms with Crippen molar-refractivity contribution in [1.29, 1.82) is 0 Å². The van der Waals surface area contributed by atoms with Crippen molar-refractivity contribution in [2.75, 3.05) is 24.5 Å². The summed E-state index contributed by atoms with van der Waals surface area (Å²) in [4.78, 5) is 18.3. The molecule has 0 atom stereocenters. The Kier molecular flexibility index (Phi) is 5.62. The van der Waals surface area contributed by atoms with Crippen LogP contribution in [0, 0.1) is 5.92 Å². The van der Waals surface area contributed by atoms with E-state index in [4.69, 9.17) is 0 Å². The summed E-state index contributed by atoms with van der Waals surface area (Å²) >= 11 is 0. The molecule has 100 valence electrons. The van der Waals surface area contributed by atoms with Gasteiger partial charge in [0.25, 0.3) is 5.91 Å². The highest BCUT2D eigenvalue weighted by molar-refractivity contribution is 5.94. The zero-order valence-electron chi connectivity index (χ0n) is 11.7. The third kappa shape index (κ3) is 4.02. The molecule has 0 saturated heterocycles. The lowest BCUT2D eigenvalue weighted by atomic mass is 10.2. The summed E-state index contributed by atoms with van der Waals surface area (Å²) in [6.45, 7) is 10.8. The van der Waals surface area contributed by atoms with E-state index >= 15 is 0 Å². The van der Waals surface area contributed by atoms with E-state index in [1.54, 1.807) is 12.4 Å². The molecule has 0 aromatic carbocycles. The van der Waals surface area contributed by atoms with Crippen molar-refractivity contribution in [3.8, 4) is 0 Å². The summed E-state index contributed by atoms with van der Waals surface area (Å²) in [5.41, 5.74) is 1.62. The number of aromatic nitrogens is 1. The molecule has 0 unspecified atom stereocenters. The minimum atomic E-state index is -0.0507. The van der Waals surface area contributed by atoms with Gasteiger partial charge in [-0.1, -0.05) is 13.8 Å². The Morgan fingerprint density at radius 1 is 1.33 bits per heavy atom. The molecule has 0 saturated carbocycles. The number of carbonyl (C=O) groups is 1. The van der Waals surface area contributed by atoms with Gasteiger partial charge in [0, 0.05) is 25.8 Å². The molecule has 1 rings (SSSR count). The third-order valence-electron chi connectivity index (χ3n) is 2.79. The Hall–Kier alpha value is -1.58. The first-order valence-corrected chi connectivity index (χ1v) is 6.56. The Labute approximate surface area is 109 Å². The van der Waals surface area contributed by atoms with Crippen LogP contribution >= 0.6 is 0 Å². The van der Waals surface area contributed by atoms with Gasteiger partial charge in [-0.15, -0.1) is 0 Å². The predicted molar refractivity (Wildman–Crippen MR) is 75.0 cm³/mol. The highest BCUT2D eigenvalue weighted by Crippen LogP contribution is 2.14. The van der Waals surface area contributed by atoms with Crippen molar-refractivity contribution >= 4 is 11.6 Å². The lowest BCUT2D eigenvalue weighted by Crippen LogP contribution is -2.28. The number of pyridine rings is 1. The summed E-state index contributed by atoms with van der Waals surface area (Å²) in [6.07, 6.45) is 3.41. The molecular formula is C14H23N3O. The van der Waals surface area contributed by atoms with Gasteiger partial charge in [0.05, 0.1) is 17.4 Å². The molecule has 18 heavy (non-hydrogen) atoms. The fourth-order valence-electron chi connectivity index (χ4n) is 1.71. The van der Waals surface area contributed by atoms with E-state index in [1.165, 1.54) is 0 Å². The van der Waals surface area contributed by atoms with Crippen molar-refractivity contribution in [2.45, 2.75) is 27.7 Å². The van der Waals surface area contributed by atoms with Crippen molar-refractivity contribution in [3.05, 3.63) is 24.0 Å². The average molecular weight is 249 g/mol. The fraction of sp³-hybridized carbons (Fsp3) is 0.571. The van der Waals surface area contributed by atoms with Crippen LogP contribution in [0.3, 0.4) is 0 Å². The molecule has 4 nitrogen and oxygen atoms in total. The van der Waals surface area contributed by atoms with Crippen LogP contribution in [0.4, 0.5) is 5.69 Å². The number of anilines is 1. The van der Waals surface area contributed by atoms with Crippen molar-refractivity contribution in [3.63, 3.8) is 0 Å². The highest BCUT2D eigenvalue weighted by atomic mass is 16.1. The molecule has 0 spiro atoms. The number of amides is 1. The summed E-state index contributed by atoms with van der Waals surface area (Å²) < 4.78 is 0.